The zero-order valence-corrected chi connectivity index (χ0v) is 20.3. The van der Waals surface area contributed by atoms with Gasteiger partial charge >= 0.3 is 11.9 Å². The van der Waals surface area contributed by atoms with Crippen LogP contribution in [0.25, 0.3) is 0 Å². The molecule has 0 aliphatic heterocycles. The predicted molar refractivity (Wildman–Crippen MR) is 121 cm³/mol. The summed E-state index contributed by atoms with van der Waals surface area (Å²) in [5, 5.41) is 9.08. The molecule has 6 heteroatoms. The number of hydrogen-bond donors (Lipinski definition) is 1. The maximum absolute atomic E-state index is 12.0. The maximum atomic E-state index is 12.0. The van der Waals surface area contributed by atoms with Gasteiger partial charge in [0.2, 0.25) is 0 Å². The van der Waals surface area contributed by atoms with Gasteiger partial charge in [-0.2, -0.15) is 0 Å². The summed E-state index contributed by atoms with van der Waals surface area (Å²) in [6.45, 7) is 14.8. The van der Waals surface area contributed by atoms with E-state index in [0.29, 0.717) is 0 Å². The Morgan fingerprint density at radius 2 is 1.66 bits per heavy atom. The van der Waals surface area contributed by atoms with Crippen LogP contribution in [-0.4, -0.2) is 37.6 Å². The minimum atomic E-state index is -1.85. The molecule has 0 aromatic heterocycles. The van der Waals surface area contributed by atoms with Crippen LogP contribution in [0.3, 0.4) is 0 Å². The van der Waals surface area contributed by atoms with Gasteiger partial charge in [0.15, 0.2) is 8.32 Å². The first kappa shape index (κ1) is 27.3. The van der Waals surface area contributed by atoms with Crippen molar-refractivity contribution in [2.75, 3.05) is 6.61 Å². The summed E-state index contributed by atoms with van der Waals surface area (Å²) < 4.78 is 11.8. The zero-order chi connectivity index (χ0) is 22.5. The lowest BCUT2D eigenvalue weighted by atomic mass is 9.98. The lowest BCUT2D eigenvalue weighted by molar-refractivity contribution is -0.142. The summed E-state index contributed by atoms with van der Waals surface area (Å²) in [4.78, 5) is 23.1. The molecular weight excluding hydrogens is 384 g/mol. The monoisotopic (exact) mass is 424 g/mol. The van der Waals surface area contributed by atoms with Crippen LogP contribution >= 0.6 is 0 Å². The molecule has 0 rings (SSSR count). The van der Waals surface area contributed by atoms with Gasteiger partial charge in [-0.1, -0.05) is 50.6 Å². The van der Waals surface area contributed by atoms with E-state index >= 15 is 0 Å². The highest BCUT2D eigenvalue weighted by molar-refractivity contribution is 6.73. The van der Waals surface area contributed by atoms with E-state index in [-0.39, 0.29) is 18.6 Å². The molecule has 0 aliphatic rings. The molecule has 0 radical (unpaired) electrons. The fraction of sp³-hybridized carbons (Fsp3) is 0.652. The van der Waals surface area contributed by atoms with Crippen LogP contribution in [0.2, 0.25) is 18.1 Å². The highest BCUT2D eigenvalue weighted by atomic mass is 28.4. The third-order valence-corrected chi connectivity index (χ3v) is 9.97. The van der Waals surface area contributed by atoms with E-state index in [0.717, 1.165) is 31.0 Å². The average molecular weight is 425 g/mol. The third kappa shape index (κ3) is 10.6. The molecule has 0 aromatic carbocycles. The number of carbonyl (C=O) groups excluding carboxylic acids is 1. The van der Waals surface area contributed by atoms with Crippen molar-refractivity contribution in [1.82, 2.24) is 0 Å². The summed E-state index contributed by atoms with van der Waals surface area (Å²) in [5.74, 6) is -1.65. The number of ether oxygens (including phenoxy) is 1. The maximum Gasteiger partial charge on any atom is 0.334 e. The van der Waals surface area contributed by atoms with Gasteiger partial charge in [-0.15, -0.1) is 0 Å². The van der Waals surface area contributed by atoms with Crippen molar-refractivity contribution in [3.63, 3.8) is 0 Å². The van der Waals surface area contributed by atoms with E-state index in [2.05, 4.69) is 47.6 Å². The molecule has 1 atom stereocenters. The van der Waals surface area contributed by atoms with Gasteiger partial charge in [-0.05, 0) is 58.7 Å². The van der Waals surface area contributed by atoms with Gasteiger partial charge in [-0.25, -0.2) is 4.79 Å². The molecule has 5 nitrogen and oxygen atoms in total. The summed E-state index contributed by atoms with van der Waals surface area (Å²) in [6, 6.07) is 3.15. The van der Waals surface area contributed by atoms with Crippen LogP contribution in [0.5, 0.6) is 0 Å². The molecule has 0 bridgehead atoms. The number of allylic oxidation sites excluding steroid dienone is 4. The van der Waals surface area contributed by atoms with Gasteiger partial charge in [0.05, 0.1) is 18.6 Å². The molecule has 0 unspecified atom stereocenters. The standard InChI is InChI=1S/C23H40O5Si/c1-8-27-22(26)20(18-21(24)25)15-13-17-23(7,16-12-14-19(5)6)28-29(9-2,10-3)11-4/h13-15,17H,8-12,16,18H2,1-7H3,(H,24,25)/b17-13+,20-15+/t23-/m0/s1. The van der Waals surface area contributed by atoms with Crippen molar-refractivity contribution in [3.8, 4) is 0 Å². The van der Waals surface area contributed by atoms with Gasteiger partial charge in [0.1, 0.15) is 0 Å². The van der Waals surface area contributed by atoms with Gasteiger partial charge in [-0.3, -0.25) is 4.79 Å². The van der Waals surface area contributed by atoms with Crippen LogP contribution in [0.4, 0.5) is 0 Å². The van der Waals surface area contributed by atoms with E-state index in [1.165, 1.54) is 5.57 Å². The number of carbonyl (C=O) groups is 2. The average Bonchev–Trinajstić information content (AvgIpc) is 2.65. The highest BCUT2D eigenvalue weighted by Gasteiger charge is 2.36. The zero-order valence-electron chi connectivity index (χ0n) is 19.3. The molecule has 0 saturated heterocycles. The number of carboxylic acids is 1. The number of hydrogen-bond acceptors (Lipinski definition) is 4. The Balaban J connectivity index is 5.77. The van der Waals surface area contributed by atoms with Crippen molar-refractivity contribution < 1.29 is 23.9 Å². The lowest BCUT2D eigenvalue weighted by Crippen LogP contribution is -2.44. The summed E-state index contributed by atoms with van der Waals surface area (Å²) in [7, 11) is -1.85. The second-order valence-electron chi connectivity index (χ2n) is 7.82. The van der Waals surface area contributed by atoms with Crippen LogP contribution in [0, 0.1) is 0 Å². The number of aliphatic carboxylic acids is 1. The fourth-order valence-corrected chi connectivity index (χ4v) is 6.32. The smallest absolute Gasteiger partial charge is 0.334 e. The molecule has 0 aliphatic carbocycles. The van der Waals surface area contributed by atoms with Crippen molar-refractivity contribution in [3.05, 3.63) is 35.5 Å². The lowest BCUT2D eigenvalue weighted by Gasteiger charge is -2.39. The van der Waals surface area contributed by atoms with Gasteiger partial charge in [0, 0.05) is 5.57 Å². The summed E-state index contributed by atoms with van der Waals surface area (Å²) in [5.41, 5.74) is 0.930. The first-order valence-electron chi connectivity index (χ1n) is 10.7. The predicted octanol–water partition coefficient (Wildman–Crippen LogP) is 6.03. The van der Waals surface area contributed by atoms with E-state index in [9.17, 15) is 9.59 Å². The van der Waals surface area contributed by atoms with Crippen LogP contribution in [0.15, 0.2) is 35.5 Å². The van der Waals surface area contributed by atoms with E-state index in [4.69, 9.17) is 14.3 Å². The Morgan fingerprint density at radius 3 is 2.10 bits per heavy atom. The molecule has 0 saturated carbocycles. The van der Waals surface area contributed by atoms with Gasteiger partial charge in [0.25, 0.3) is 0 Å². The van der Waals surface area contributed by atoms with Crippen LogP contribution in [-0.2, 0) is 18.8 Å². The van der Waals surface area contributed by atoms with E-state index in [1.807, 2.05) is 6.08 Å². The minimum Gasteiger partial charge on any atom is -0.481 e. The summed E-state index contributed by atoms with van der Waals surface area (Å²) >= 11 is 0. The number of rotatable bonds is 14. The van der Waals surface area contributed by atoms with Crippen molar-refractivity contribution in [2.24, 2.45) is 0 Å². The van der Waals surface area contributed by atoms with E-state index in [1.54, 1.807) is 19.1 Å². The van der Waals surface area contributed by atoms with Crippen molar-refractivity contribution >= 4 is 20.3 Å². The van der Waals surface area contributed by atoms with E-state index < -0.39 is 25.9 Å². The molecule has 166 valence electrons. The summed E-state index contributed by atoms with van der Waals surface area (Å²) in [6.07, 6.45) is 8.82. The van der Waals surface area contributed by atoms with Crippen molar-refractivity contribution in [1.29, 1.82) is 0 Å². The molecule has 0 amide bonds. The second kappa shape index (κ2) is 13.5. The third-order valence-electron chi connectivity index (χ3n) is 5.20. The Kier molecular flexibility index (Phi) is 12.8. The molecular formula is C23H40O5Si. The Hall–Kier alpha value is -1.66. The SMILES string of the molecule is CCOC(=O)/C(=C/C=C/[C@](C)(CCC=C(C)C)O[Si](CC)(CC)CC)CC(=O)O. The molecule has 0 aromatic rings. The Bertz CT molecular complexity index is 604. The molecule has 1 N–H and O–H groups in total. The van der Waals surface area contributed by atoms with Gasteiger partial charge < -0.3 is 14.3 Å². The Morgan fingerprint density at radius 1 is 1.07 bits per heavy atom. The van der Waals surface area contributed by atoms with Crippen molar-refractivity contribution in [2.45, 2.75) is 91.5 Å². The van der Waals surface area contributed by atoms with Crippen LogP contribution in [0.1, 0.15) is 67.7 Å². The number of carboxylic acid groups (broad SMARTS) is 1. The molecule has 0 fully saturated rings. The Labute approximate surface area is 178 Å². The number of esters is 1. The first-order chi connectivity index (χ1) is 13.6. The molecule has 29 heavy (non-hydrogen) atoms. The largest absolute Gasteiger partial charge is 0.481 e. The topological polar surface area (TPSA) is 72.8 Å². The second-order valence-corrected chi connectivity index (χ2v) is 12.5. The molecule has 0 heterocycles. The molecule has 0 spiro atoms. The first-order valence-corrected chi connectivity index (χ1v) is 13.2. The minimum absolute atomic E-state index is 0.132. The quantitative estimate of drug-likeness (QED) is 0.121. The fourth-order valence-electron chi connectivity index (χ4n) is 3.23. The normalized spacial score (nSPS) is 14.5. The van der Waals surface area contributed by atoms with Crippen LogP contribution < -0.4 is 0 Å². The highest BCUT2D eigenvalue weighted by Crippen LogP contribution is 2.32.